The van der Waals surface area contributed by atoms with Crippen LogP contribution in [-0.4, -0.2) is 55.3 Å². The van der Waals surface area contributed by atoms with Crippen LogP contribution in [-0.2, 0) is 20.8 Å². The molecule has 5 nitrogen and oxygen atoms in total. The predicted octanol–water partition coefficient (Wildman–Crippen LogP) is 12.6. The first-order valence-corrected chi connectivity index (χ1v) is 23.4. The molecule has 0 aliphatic carbocycles. The Morgan fingerprint density at radius 3 is 1.13 bits per heavy atom. The summed E-state index contributed by atoms with van der Waals surface area (Å²) in [5, 5.41) is 14.8. The van der Waals surface area contributed by atoms with Gasteiger partial charge in [-0.15, -0.1) is 17.7 Å². The number of halogens is 2. The van der Waals surface area contributed by atoms with Gasteiger partial charge in [0.25, 0.3) is 0 Å². The first-order chi connectivity index (χ1) is 21.4. The summed E-state index contributed by atoms with van der Waals surface area (Å²) in [5.41, 5.74) is 7.50. The van der Waals surface area contributed by atoms with Gasteiger partial charge in [0, 0.05) is 12.8 Å². The molecule has 0 amide bonds. The summed E-state index contributed by atoms with van der Waals surface area (Å²) < 4.78 is 4.08. The van der Waals surface area contributed by atoms with E-state index < -0.39 is 20.8 Å². The monoisotopic (exact) mass is 740 g/mol. The molecule has 45 heavy (non-hydrogen) atoms. The zero-order valence-corrected chi connectivity index (χ0v) is 34.5. The van der Waals surface area contributed by atoms with Crippen molar-refractivity contribution in [1.82, 2.24) is 4.90 Å². The van der Waals surface area contributed by atoms with E-state index in [4.69, 9.17) is 27.7 Å². The van der Waals surface area contributed by atoms with Crippen LogP contribution in [0.25, 0.3) is 16.0 Å². The van der Waals surface area contributed by atoms with Crippen molar-refractivity contribution < 1.29 is 25.6 Å². The molecule has 3 rings (SSSR count). The summed E-state index contributed by atoms with van der Waals surface area (Å²) in [6.07, 6.45) is 2.43. The van der Waals surface area contributed by atoms with E-state index in [9.17, 15) is 0 Å². The third-order valence-electron chi connectivity index (χ3n) is 7.64. The second-order valence-corrected chi connectivity index (χ2v) is 16.1. The first kappa shape index (κ1) is 44.4. The maximum atomic E-state index is 5.40. The van der Waals surface area contributed by atoms with Crippen LogP contribution in [0.15, 0.2) is 36.4 Å². The minimum absolute atomic E-state index is 0.236. The SMILES string of the molecule is C1CC[OH+]C1.CCN(CC)C([N-]c1c(C(C)C)cccc1C(C)C)[N-]c1c(C(C)C)cccc1C(C)C.CC[N-]CC.[Cl][Zr+2][Cl]. The Morgan fingerprint density at radius 1 is 0.644 bits per heavy atom. The van der Waals surface area contributed by atoms with Crippen molar-refractivity contribution in [3.8, 4) is 0 Å². The van der Waals surface area contributed by atoms with Crippen molar-refractivity contribution >= 4 is 28.4 Å². The van der Waals surface area contributed by atoms with E-state index in [-0.39, 0.29) is 6.29 Å². The van der Waals surface area contributed by atoms with Crippen LogP contribution < -0.4 is 0 Å². The van der Waals surface area contributed by atoms with Crippen LogP contribution in [0.4, 0.5) is 11.4 Å². The van der Waals surface area contributed by atoms with E-state index in [0.29, 0.717) is 23.7 Å². The van der Waals surface area contributed by atoms with Crippen LogP contribution in [0, 0.1) is 0 Å². The molecular weight excluding hydrogens is 679 g/mol. The van der Waals surface area contributed by atoms with Crippen LogP contribution in [0.5, 0.6) is 0 Å². The molecule has 0 bridgehead atoms. The number of para-hydroxylation sites is 2. The molecule has 0 spiro atoms. The van der Waals surface area contributed by atoms with Gasteiger partial charge in [-0.2, -0.15) is 13.1 Å². The molecule has 2 aromatic carbocycles. The molecule has 0 atom stereocenters. The fourth-order valence-electron chi connectivity index (χ4n) is 5.08. The van der Waals surface area contributed by atoms with Crippen LogP contribution in [0.3, 0.4) is 0 Å². The molecule has 0 unspecified atom stereocenters. The quantitative estimate of drug-likeness (QED) is 0.189. The molecule has 8 heteroatoms. The number of aliphatic hydroxyl groups is 2. The molecule has 0 aromatic heterocycles. The van der Waals surface area contributed by atoms with Crippen molar-refractivity contribution in [3.05, 3.63) is 74.6 Å². The van der Waals surface area contributed by atoms with Crippen molar-refractivity contribution in [2.45, 2.75) is 126 Å². The van der Waals surface area contributed by atoms with Gasteiger partial charge >= 0.3 is 37.9 Å². The molecule has 1 saturated heterocycles. The molecule has 1 heterocycles. The van der Waals surface area contributed by atoms with Crippen LogP contribution in [0.2, 0.25) is 0 Å². The van der Waals surface area contributed by atoms with E-state index >= 15 is 0 Å². The number of nitrogens with zero attached hydrogens (tertiary/aromatic N) is 4. The van der Waals surface area contributed by atoms with E-state index in [2.05, 4.69) is 121 Å². The molecule has 0 saturated carbocycles. The standard InChI is InChI=1S/C29H45N3.C4H10N.C4H8O.2ClH.Zr/c1-11-32(12-2)29(30-27-23(19(3)4)15-13-16-24(27)20(5)6)31-28-25(21(7)8)17-14-18-26(28)22(9)10;1-3-5-4-2;1-2-4-5-3-1;;;/h13-22,29H,11-12H2,1-10H3;3-4H2,1-2H3;1-4H2;2*1H;/q-2;-1;;;;+4/p-1. The summed E-state index contributed by atoms with van der Waals surface area (Å²) in [6.45, 7) is 32.6. The second kappa shape index (κ2) is 26.3. The zero-order chi connectivity index (χ0) is 34.4. The molecule has 0 radical (unpaired) electrons. The average Bonchev–Trinajstić information content (AvgIpc) is 3.59. The predicted molar refractivity (Wildman–Crippen MR) is 199 cm³/mol. The molecule has 256 valence electrons. The topological polar surface area (TPSA) is 58.3 Å². The van der Waals surface area contributed by atoms with Crippen molar-refractivity contribution in [2.24, 2.45) is 0 Å². The number of ether oxygens (including phenoxy) is 1. The Bertz CT molecular complexity index is 884. The fourth-order valence-corrected chi connectivity index (χ4v) is 5.08. The fraction of sp³-hybridized carbons (Fsp3) is 0.676. The minimum atomic E-state index is -0.826. The molecule has 1 fully saturated rings. The summed E-state index contributed by atoms with van der Waals surface area (Å²) >= 11 is -0.826. The summed E-state index contributed by atoms with van der Waals surface area (Å²) in [7, 11) is 9.87. The number of benzene rings is 2. The second-order valence-electron chi connectivity index (χ2n) is 12.3. The molecular formula is C37H64Cl2N4OZr. The van der Waals surface area contributed by atoms with Gasteiger partial charge in [-0.3, -0.25) is 0 Å². The van der Waals surface area contributed by atoms with Gasteiger partial charge in [0.05, 0.1) is 0 Å². The third-order valence-corrected chi connectivity index (χ3v) is 7.64. The number of hydrogen-bond acceptors (Lipinski definition) is 1. The zero-order valence-electron chi connectivity index (χ0n) is 30.5. The van der Waals surface area contributed by atoms with E-state index in [0.717, 1.165) is 50.8 Å². The van der Waals surface area contributed by atoms with Gasteiger partial charge in [-0.1, -0.05) is 142 Å². The normalized spacial score (nSPS) is 12.4. The Kier molecular flexibility index (Phi) is 26.0. The van der Waals surface area contributed by atoms with Gasteiger partial charge < -0.3 is 25.6 Å². The van der Waals surface area contributed by atoms with Gasteiger partial charge in [-0.25, -0.2) is 0 Å². The van der Waals surface area contributed by atoms with Gasteiger partial charge in [0.1, 0.15) is 13.2 Å². The molecule has 1 aliphatic heterocycles. The van der Waals surface area contributed by atoms with E-state index in [1.54, 1.807) is 0 Å². The first-order valence-electron chi connectivity index (χ1n) is 17.1. The Hall–Kier alpha value is -0.617. The molecule has 1 N–H and O–H groups in total. The Labute approximate surface area is 297 Å². The Balaban J connectivity index is 0.00000124. The van der Waals surface area contributed by atoms with Crippen LogP contribution in [0.1, 0.15) is 142 Å². The third kappa shape index (κ3) is 16.9. The molecule has 2 aromatic rings. The number of rotatable bonds is 13. The molecule has 1 aliphatic rings. The van der Waals surface area contributed by atoms with Gasteiger partial charge in [-0.05, 0) is 36.8 Å². The van der Waals surface area contributed by atoms with Gasteiger partial charge in [0.2, 0.25) is 0 Å². The van der Waals surface area contributed by atoms with Crippen molar-refractivity contribution in [2.75, 3.05) is 39.4 Å². The van der Waals surface area contributed by atoms with Gasteiger partial charge in [0.15, 0.2) is 0 Å². The summed E-state index contributed by atoms with van der Waals surface area (Å²) in [4.78, 5) is 2.36. The summed E-state index contributed by atoms with van der Waals surface area (Å²) in [5.74, 6) is 1.66. The van der Waals surface area contributed by atoms with E-state index in [1.807, 2.05) is 13.8 Å². The Morgan fingerprint density at radius 2 is 0.956 bits per heavy atom. The van der Waals surface area contributed by atoms with Crippen LogP contribution >= 0.6 is 17.0 Å². The maximum absolute atomic E-state index is 5.40. The van der Waals surface area contributed by atoms with Crippen molar-refractivity contribution in [3.63, 3.8) is 0 Å². The van der Waals surface area contributed by atoms with E-state index in [1.165, 1.54) is 35.1 Å². The average molecular weight is 743 g/mol. The van der Waals surface area contributed by atoms with Crippen molar-refractivity contribution in [1.29, 1.82) is 0 Å². The summed E-state index contributed by atoms with van der Waals surface area (Å²) in [6, 6.07) is 13.3. The number of hydrogen-bond donors (Lipinski definition) is 0.